The number of aromatic nitrogens is 4. The van der Waals surface area contributed by atoms with E-state index in [1.54, 1.807) is 66.9 Å². The highest BCUT2D eigenvalue weighted by Crippen LogP contribution is 2.34. The Hall–Kier alpha value is -4.39. The number of nitrogens with one attached hydrogen (secondary N) is 1. The number of aliphatic hydroxyl groups is 2. The summed E-state index contributed by atoms with van der Waals surface area (Å²) in [5, 5.41) is 22.4. The summed E-state index contributed by atoms with van der Waals surface area (Å²) in [6, 6.07) is 18.0. The third kappa shape index (κ3) is 5.43. The average Bonchev–Trinajstić information content (AvgIpc) is 3.53. The molecule has 3 atom stereocenters. The van der Waals surface area contributed by atoms with Gasteiger partial charge in [0.25, 0.3) is 5.88 Å². The van der Waals surface area contributed by atoms with Gasteiger partial charge >= 0.3 is 6.09 Å². The van der Waals surface area contributed by atoms with Crippen molar-refractivity contribution in [1.82, 2.24) is 19.5 Å². The molecule has 0 saturated carbocycles. The Morgan fingerprint density at radius 1 is 1.10 bits per heavy atom. The molecule has 0 bridgehead atoms. The lowest BCUT2D eigenvalue weighted by Crippen LogP contribution is -2.29. The first-order valence-corrected chi connectivity index (χ1v) is 12.5. The molecular weight excluding hydrogens is 504 g/mol. The number of rotatable bonds is 7. The summed E-state index contributed by atoms with van der Waals surface area (Å²) < 4.78 is 13.1. The molecule has 2 amide bonds. The molecule has 0 radical (unpaired) electrons. The zero-order valence-electron chi connectivity index (χ0n) is 21.3. The molecule has 1 saturated heterocycles. The molecule has 12 heteroatoms. The molecular formula is C27H28N6O6. The van der Waals surface area contributed by atoms with Crippen LogP contribution >= 0.6 is 0 Å². The summed E-state index contributed by atoms with van der Waals surface area (Å²) in [5.74, 6) is -0.947. The van der Waals surface area contributed by atoms with Gasteiger partial charge in [0.2, 0.25) is 11.9 Å². The summed E-state index contributed by atoms with van der Waals surface area (Å²) in [6.45, 7) is 3.09. The van der Waals surface area contributed by atoms with Crippen molar-refractivity contribution < 1.29 is 29.3 Å². The minimum absolute atomic E-state index is 0.0889. The lowest BCUT2D eigenvalue weighted by Gasteiger charge is -2.22. The van der Waals surface area contributed by atoms with Crippen LogP contribution in [-0.2, 0) is 9.53 Å². The quantitative estimate of drug-likeness (QED) is 0.325. The van der Waals surface area contributed by atoms with E-state index >= 15 is 0 Å². The van der Waals surface area contributed by atoms with E-state index in [1.165, 1.54) is 11.2 Å². The number of benzene rings is 2. The normalized spacial score (nSPS) is 18.8. The minimum atomic E-state index is -0.887. The number of hydrogen-bond acceptors (Lipinski definition) is 9. The van der Waals surface area contributed by atoms with Crippen LogP contribution in [0.5, 0.6) is 5.88 Å². The third-order valence-electron chi connectivity index (χ3n) is 6.24. The van der Waals surface area contributed by atoms with Crippen molar-refractivity contribution in [3.63, 3.8) is 0 Å². The van der Waals surface area contributed by atoms with Gasteiger partial charge in [-0.25, -0.2) is 14.7 Å². The number of fused-ring (bicyclic) bond motifs is 1. The van der Waals surface area contributed by atoms with E-state index in [-0.39, 0.29) is 47.8 Å². The largest absolute Gasteiger partial charge is 0.425 e. The molecule has 2 aromatic heterocycles. The molecule has 0 aliphatic carbocycles. The number of anilines is 3. The van der Waals surface area contributed by atoms with Crippen molar-refractivity contribution in [2.75, 3.05) is 16.8 Å². The third-order valence-corrected chi connectivity index (χ3v) is 6.24. The summed E-state index contributed by atoms with van der Waals surface area (Å²) in [6.07, 6.45) is -1.50. The van der Waals surface area contributed by atoms with Crippen LogP contribution in [0.3, 0.4) is 0 Å². The van der Waals surface area contributed by atoms with E-state index in [1.807, 2.05) is 12.1 Å². The molecule has 2 aromatic carbocycles. The van der Waals surface area contributed by atoms with Gasteiger partial charge in [-0.15, -0.1) is 0 Å². The van der Waals surface area contributed by atoms with Gasteiger partial charge in [0.05, 0.1) is 30.4 Å². The van der Waals surface area contributed by atoms with E-state index in [4.69, 9.17) is 9.47 Å². The second-order valence-corrected chi connectivity index (χ2v) is 9.31. The minimum Gasteiger partial charge on any atom is -0.394 e. The maximum absolute atomic E-state index is 13.6. The van der Waals surface area contributed by atoms with E-state index in [0.717, 1.165) is 0 Å². The first-order valence-electron chi connectivity index (χ1n) is 12.5. The summed E-state index contributed by atoms with van der Waals surface area (Å²) in [5.41, 5.74) is 1.51. The molecule has 39 heavy (non-hydrogen) atoms. The van der Waals surface area contributed by atoms with Gasteiger partial charge in [-0.05, 0) is 24.3 Å². The molecule has 202 valence electrons. The molecule has 1 aliphatic rings. The number of para-hydroxylation sites is 2. The lowest BCUT2D eigenvalue weighted by atomic mass is 10.2. The van der Waals surface area contributed by atoms with E-state index < -0.39 is 24.5 Å². The van der Waals surface area contributed by atoms with Gasteiger partial charge in [0.1, 0.15) is 12.3 Å². The van der Waals surface area contributed by atoms with Crippen LogP contribution in [0, 0.1) is 5.92 Å². The van der Waals surface area contributed by atoms with Crippen molar-refractivity contribution in [3.8, 4) is 5.88 Å². The predicted octanol–water partition coefficient (Wildman–Crippen LogP) is 3.40. The van der Waals surface area contributed by atoms with Crippen molar-refractivity contribution in [1.29, 1.82) is 0 Å². The molecule has 4 aromatic rings. The van der Waals surface area contributed by atoms with E-state index in [9.17, 15) is 19.8 Å². The molecule has 3 heterocycles. The summed E-state index contributed by atoms with van der Waals surface area (Å²) in [7, 11) is 0. The highest BCUT2D eigenvalue weighted by molar-refractivity contribution is 5.98. The number of carbonyl (C=O) groups is 2. The fourth-order valence-electron chi connectivity index (χ4n) is 4.18. The van der Waals surface area contributed by atoms with Crippen LogP contribution in [0.15, 0.2) is 67.0 Å². The van der Waals surface area contributed by atoms with Gasteiger partial charge in [0, 0.05) is 12.3 Å². The molecule has 1 aliphatic heterocycles. The zero-order valence-corrected chi connectivity index (χ0v) is 21.3. The molecule has 1 fully saturated rings. The Morgan fingerprint density at radius 3 is 2.31 bits per heavy atom. The Labute approximate surface area is 223 Å². The second kappa shape index (κ2) is 11.2. The van der Waals surface area contributed by atoms with Gasteiger partial charge in [-0.1, -0.05) is 50.2 Å². The van der Waals surface area contributed by atoms with Crippen LogP contribution in [0.25, 0.3) is 11.2 Å². The van der Waals surface area contributed by atoms with Crippen LogP contribution < -0.4 is 15.0 Å². The van der Waals surface area contributed by atoms with E-state index in [0.29, 0.717) is 11.4 Å². The molecule has 12 nitrogen and oxygen atoms in total. The smallest absolute Gasteiger partial charge is 0.394 e. The Morgan fingerprint density at radius 2 is 1.74 bits per heavy atom. The zero-order chi connectivity index (χ0) is 27.5. The van der Waals surface area contributed by atoms with Crippen LogP contribution in [0.1, 0.15) is 26.5 Å². The lowest BCUT2D eigenvalue weighted by molar-refractivity contribution is -0.118. The average molecular weight is 533 g/mol. The number of hydrogen-bond donors (Lipinski definition) is 3. The van der Waals surface area contributed by atoms with Crippen molar-refractivity contribution in [2.45, 2.75) is 38.7 Å². The molecule has 0 spiro atoms. The molecule has 3 N–H and O–H groups in total. The van der Waals surface area contributed by atoms with Crippen LogP contribution in [0.4, 0.5) is 22.1 Å². The van der Waals surface area contributed by atoms with Crippen molar-refractivity contribution >= 4 is 40.5 Å². The molecule has 5 rings (SSSR count). The number of carbonyl (C=O) groups excluding carboxylic acids is 2. The first-order chi connectivity index (χ1) is 18.9. The fraction of sp³-hybridized carbons (Fsp3) is 0.296. The van der Waals surface area contributed by atoms with Gasteiger partial charge in [-0.3, -0.25) is 14.7 Å². The van der Waals surface area contributed by atoms with Crippen molar-refractivity contribution in [2.24, 2.45) is 5.92 Å². The Kier molecular flexibility index (Phi) is 7.50. The SMILES string of the molecule is CC(C)C(=O)Nc1nc(OC(=O)N(c2ccccc2)c2ccccc2)c2ncn([C@H]3C[C@H](O)[C@@H](CO)O3)c2n1. The van der Waals surface area contributed by atoms with E-state index in [2.05, 4.69) is 20.3 Å². The topological polar surface area (TPSA) is 152 Å². The maximum atomic E-state index is 13.6. The molecule has 0 unspecified atom stereocenters. The monoisotopic (exact) mass is 532 g/mol. The highest BCUT2D eigenvalue weighted by Gasteiger charge is 2.36. The van der Waals surface area contributed by atoms with Gasteiger partial charge in [-0.2, -0.15) is 9.97 Å². The number of ether oxygens (including phenoxy) is 2. The number of amides is 2. The second-order valence-electron chi connectivity index (χ2n) is 9.31. The van der Waals surface area contributed by atoms with Crippen LogP contribution in [-0.4, -0.2) is 60.5 Å². The summed E-state index contributed by atoms with van der Waals surface area (Å²) >= 11 is 0. The fourth-order valence-corrected chi connectivity index (χ4v) is 4.18. The highest BCUT2D eigenvalue weighted by atomic mass is 16.6. The Balaban J connectivity index is 1.55. The Bertz CT molecular complexity index is 1420. The van der Waals surface area contributed by atoms with Crippen molar-refractivity contribution in [3.05, 3.63) is 67.0 Å². The number of imidazole rings is 1. The number of nitrogens with zero attached hydrogens (tertiary/aromatic N) is 5. The standard InChI is InChI=1S/C27H28N6O6/c1-16(2)24(36)30-26-29-23-22(28-15-32(23)21-13-19(35)20(14-34)38-21)25(31-26)39-27(37)33(17-9-5-3-6-10-17)18-11-7-4-8-12-18/h3-12,15-16,19-21,34-35H,13-14H2,1-2H3,(H,29,30,31,36)/t19-,20+,21+/m0/s1. The summed E-state index contributed by atoms with van der Waals surface area (Å²) in [4.78, 5) is 40.6. The first kappa shape index (κ1) is 26.2. The van der Waals surface area contributed by atoms with Crippen LogP contribution in [0.2, 0.25) is 0 Å². The maximum Gasteiger partial charge on any atom is 0.425 e. The van der Waals surface area contributed by atoms with Gasteiger partial charge < -0.3 is 19.7 Å². The predicted molar refractivity (Wildman–Crippen MR) is 141 cm³/mol. The van der Waals surface area contributed by atoms with Gasteiger partial charge in [0.15, 0.2) is 11.2 Å². The number of aliphatic hydroxyl groups excluding tert-OH is 2.